The summed E-state index contributed by atoms with van der Waals surface area (Å²) in [6.45, 7) is 0. The molecule has 0 heterocycles. The molecule has 1 aromatic rings. The highest BCUT2D eigenvalue weighted by molar-refractivity contribution is 9.09. The third-order valence-electron chi connectivity index (χ3n) is 2.64. The van der Waals surface area contributed by atoms with Crippen molar-refractivity contribution in [3.8, 4) is 0 Å². The van der Waals surface area contributed by atoms with Crippen molar-refractivity contribution in [1.29, 1.82) is 0 Å². The maximum absolute atomic E-state index is 12.8. The number of aliphatic hydroxyl groups is 2. The number of non-ortho nitro benzene ring substituents is 1. The lowest BCUT2D eigenvalue weighted by molar-refractivity contribution is -0.385. The molecule has 0 saturated carbocycles. The summed E-state index contributed by atoms with van der Waals surface area (Å²) in [4.78, 5) is 9.74. The molecule has 0 aliphatic rings. The molecule has 0 aromatic heterocycles. The number of halogens is 4. The van der Waals surface area contributed by atoms with Crippen molar-refractivity contribution in [2.24, 2.45) is 0 Å². The highest BCUT2D eigenvalue weighted by Crippen LogP contribution is 2.37. The largest absolute Gasteiger partial charge is 0.416 e. The van der Waals surface area contributed by atoms with Crippen LogP contribution < -0.4 is 0 Å². The fraction of sp³-hybridized carbons (Fsp3) is 0.455. The fourth-order valence-electron chi connectivity index (χ4n) is 1.64. The number of nitrogens with zero attached hydrogens (tertiary/aromatic N) is 1. The summed E-state index contributed by atoms with van der Waals surface area (Å²) in [6.07, 6.45) is -8.10. The van der Waals surface area contributed by atoms with Crippen LogP contribution in [0.4, 0.5) is 18.9 Å². The van der Waals surface area contributed by atoms with E-state index in [-0.39, 0.29) is 11.8 Å². The smallest absolute Gasteiger partial charge is 0.390 e. The minimum atomic E-state index is -4.78. The number of hydrogen-bond donors (Lipinski definition) is 2. The van der Waals surface area contributed by atoms with Crippen molar-refractivity contribution in [3.05, 3.63) is 39.4 Å². The van der Waals surface area contributed by atoms with Gasteiger partial charge in [-0.2, -0.15) is 13.2 Å². The van der Waals surface area contributed by atoms with Crippen LogP contribution in [0.3, 0.4) is 0 Å². The molecule has 0 aliphatic heterocycles. The van der Waals surface area contributed by atoms with Gasteiger partial charge in [0.05, 0.1) is 16.6 Å². The summed E-state index contributed by atoms with van der Waals surface area (Å²) in [5, 5.41) is 30.2. The zero-order valence-electron chi connectivity index (χ0n) is 9.97. The number of rotatable bonds is 5. The van der Waals surface area contributed by atoms with Crippen LogP contribution in [0.5, 0.6) is 0 Å². The molecule has 5 nitrogen and oxygen atoms in total. The minimum Gasteiger partial charge on any atom is -0.390 e. The van der Waals surface area contributed by atoms with Gasteiger partial charge in [-0.3, -0.25) is 10.1 Å². The molecule has 2 atom stereocenters. The van der Waals surface area contributed by atoms with Crippen LogP contribution >= 0.6 is 15.9 Å². The molecule has 2 unspecified atom stereocenters. The monoisotopic (exact) mass is 357 g/mol. The zero-order chi connectivity index (χ0) is 15.5. The molecule has 0 radical (unpaired) electrons. The first-order valence-corrected chi connectivity index (χ1v) is 6.58. The number of hydrogen-bond acceptors (Lipinski definition) is 4. The predicted molar refractivity (Wildman–Crippen MR) is 67.5 cm³/mol. The Kier molecular flexibility index (Phi) is 5.49. The molecule has 112 valence electrons. The normalized spacial score (nSPS) is 14.9. The highest BCUT2D eigenvalue weighted by Gasteiger charge is 2.37. The molecule has 0 fully saturated rings. The van der Waals surface area contributed by atoms with E-state index >= 15 is 0 Å². The van der Waals surface area contributed by atoms with Gasteiger partial charge >= 0.3 is 6.18 Å². The van der Waals surface area contributed by atoms with Gasteiger partial charge in [0.1, 0.15) is 6.10 Å². The summed E-state index contributed by atoms with van der Waals surface area (Å²) in [5.74, 6) is 0. The van der Waals surface area contributed by atoms with Gasteiger partial charge in [0.2, 0.25) is 0 Å². The van der Waals surface area contributed by atoms with Crippen molar-refractivity contribution in [2.45, 2.75) is 24.8 Å². The number of alkyl halides is 4. The summed E-state index contributed by atoms with van der Waals surface area (Å²) in [5.41, 5.74) is -2.50. The summed E-state index contributed by atoms with van der Waals surface area (Å²) in [7, 11) is 0. The molecular weight excluding hydrogens is 347 g/mol. The van der Waals surface area contributed by atoms with E-state index < -0.39 is 40.1 Å². The van der Waals surface area contributed by atoms with Crippen LogP contribution in [0, 0.1) is 10.1 Å². The molecule has 1 rings (SSSR count). The molecule has 0 spiro atoms. The first kappa shape index (κ1) is 16.9. The van der Waals surface area contributed by atoms with Crippen LogP contribution in [0.15, 0.2) is 18.2 Å². The Morgan fingerprint density at radius 1 is 1.35 bits per heavy atom. The summed E-state index contributed by atoms with van der Waals surface area (Å²) in [6, 6.07) is 1.86. The van der Waals surface area contributed by atoms with Crippen molar-refractivity contribution in [2.75, 3.05) is 5.33 Å². The number of nitro benzene ring substituents is 1. The maximum atomic E-state index is 12.8. The van der Waals surface area contributed by atoms with Crippen LogP contribution in [-0.4, -0.2) is 26.6 Å². The molecule has 9 heteroatoms. The Hall–Kier alpha value is -1.19. The lowest BCUT2D eigenvalue weighted by Crippen LogP contribution is -2.22. The molecule has 1 aromatic carbocycles. The fourth-order valence-corrected chi connectivity index (χ4v) is 2.11. The SMILES string of the molecule is O=[N+]([O-])c1ccc(C(F)(F)F)c(C(O)C(O)CCBr)c1. The molecule has 2 N–H and O–H groups in total. The molecule has 0 saturated heterocycles. The van der Waals surface area contributed by atoms with E-state index in [9.17, 15) is 33.5 Å². The third kappa shape index (κ3) is 3.90. The average Bonchev–Trinajstić information content (AvgIpc) is 2.36. The van der Waals surface area contributed by atoms with Gasteiger partial charge in [-0.1, -0.05) is 15.9 Å². The van der Waals surface area contributed by atoms with E-state index in [1.54, 1.807) is 0 Å². The van der Waals surface area contributed by atoms with Gasteiger partial charge in [0.25, 0.3) is 5.69 Å². The van der Waals surface area contributed by atoms with Gasteiger partial charge in [-0.05, 0) is 12.5 Å². The minimum absolute atomic E-state index is 0.00115. The van der Waals surface area contributed by atoms with Crippen LogP contribution in [0.25, 0.3) is 0 Å². The lowest BCUT2D eigenvalue weighted by Gasteiger charge is -2.21. The Labute approximate surface area is 120 Å². The molecule has 0 aliphatic carbocycles. The van der Waals surface area contributed by atoms with E-state index in [0.29, 0.717) is 18.2 Å². The van der Waals surface area contributed by atoms with E-state index in [0.717, 1.165) is 0 Å². The van der Waals surface area contributed by atoms with E-state index in [1.165, 1.54) is 0 Å². The molecule has 20 heavy (non-hydrogen) atoms. The third-order valence-corrected chi connectivity index (χ3v) is 3.10. The Bertz CT molecular complexity index is 495. The summed E-state index contributed by atoms with van der Waals surface area (Å²) < 4.78 is 38.5. The van der Waals surface area contributed by atoms with Gasteiger partial charge in [-0.15, -0.1) is 0 Å². The quantitative estimate of drug-likeness (QED) is 0.482. The molecule has 0 amide bonds. The lowest BCUT2D eigenvalue weighted by atomic mass is 9.96. The molecular formula is C11H11BrF3NO4. The van der Waals surface area contributed by atoms with Gasteiger partial charge in [0, 0.05) is 23.0 Å². The highest BCUT2D eigenvalue weighted by atomic mass is 79.9. The average molecular weight is 358 g/mol. The maximum Gasteiger partial charge on any atom is 0.416 e. The zero-order valence-corrected chi connectivity index (χ0v) is 11.6. The number of aliphatic hydroxyl groups excluding tert-OH is 2. The van der Waals surface area contributed by atoms with Gasteiger partial charge < -0.3 is 10.2 Å². The Balaban J connectivity index is 3.31. The van der Waals surface area contributed by atoms with E-state index in [2.05, 4.69) is 15.9 Å². The Morgan fingerprint density at radius 2 is 1.95 bits per heavy atom. The second-order valence-electron chi connectivity index (χ2n) is 4.02. The van der Waals surface area contributed by atoms with Crippen molar-refractivity contribution >= 4 is 21.6 Å². The Morgan fingerprint density at radius 3 is 2.40 bits per heavy atom. The predicted octanol–water partition coefficient (Wildman–Crippen LogP) is 2.79. The summed E-state index contributed by atoms with van der Waals surface area (Å²) >= 11 is 2.98. The van der Waals surface area contributed by atoms with Crippen LogP contribution in [0.2, 0.25) is 0 Å². The second kappa shape index (κ2) is 6.51. The first-order chi connectivity index (χ1) is 9.18. The standard InChI is InChI=1S/C11H11BrF3NO4/c12-4-3-9(17)10(18)7-5-6(16(19)20)1-2-8(7)11(13,14)15/h1-2,5,9-10,17-18H,3-4H2. The topological polar surface area (TPSA) is 83.6 Å². The second-order valence-corrected chi connectivity index (χ2v) is 4.81. The van der Waals surface area contributed by atoms with Gasteiger partial charge in [0.15, 0.2) is 0 Å². The van der Waals surface area contributed by atoms with E-state index in [1.807, 2.05) is 0 Å². The van der Waals surface area contributed by atoms with Crippen molar-refractivity contribution < 1.29 is 28.3 Å². The van der Waals surface area contributed by atoms with Crippen LogP contribution in [0.1, 0.15) is 23.7 Å². The van der Waals surface area contributed by atoms with Crippen LogP contribution in [-0.2, 0) is 6.18 Å². The van der Waals surface area contributed by atoms with E-state index in [4.69, 9.17) is 0 Å². The molecule has 0 bridgehead atoms. The number of nitro groups is 1. The first-order valence-electron chi connectivity index (χ1n) is 5.46. The van der Waals surface area contributed by atoms with Gasteiger partial charge in [-0.25, -0.2) is 0 Å². The number of benzene rings is 1. The van der Waals surface area contributed by atoms with Crippen molar-refractivity contribution in [1.82, 2.24) is 0 Å². The van der Waals surface area contributed by atoms with Crippen molar-refractivity contribution in [3.63, 3.8) is 0 Å².